The Kier molecular flexibility index (Phi) is 4.30. The first-order valence-electron chi connectivity index (χ1n) is 6.07. The Morgan fingerprint density at radius 1 is 1.43 bits per heavy atom. The van der Waals surface area contributed by atoms with E-state index in [4.69, 9.17) is 5.11 Å². The van der Waals surface area contributed by atoms with Crippen LogP contribution in [0.1, 0.15) is 22.5 Å². The summed E-state index contributed by atoms with van der Waals surface area (Å²) in [6.07, 6.45) is 1.35. The summed E-state index contributed by atoms with van der Waals surface area (Å²) in [7, 11) is -7.00. The van der Waals surface area contributed by atoms with Crippen LogP contribution in [0.2, 0.25) is 0 Å². The van der Waals surface area contributed by atoms with Crippen molar-refractivity contribution in [2.75, 3.05) is 11.5 Å². The highest BCUT2D eigenvalue weighted by atomic mass is 32.2. The minimum Gasteiger partial charge on any atom is -0.477 e. The molecule has 2 N–H and O–H groups in total. The first-order chi connectivity index (χ1) is 9.70. The maximum Gasteiger partial charge on any atom is 0.354 e. The van der Waals surface area contributed by atoms with Crippen molar-refractivity contribution >= 4 is 25.8 Å². The van der Waals surface area contributed by atoms with Gasteiger partial charge < -0.3 is 5.11 Å². The molecule has 0 spiro atoms. The molecule has 1 fully saturated rings. The van der Waals surface area contributed by atoms with Crippen molar-refractivity contribution in [1.29, 1.82) is 0 Å². The van der Waals surface area contributed by atoms with Crippen molar-refractivity contribution in [1.82, 2.24) is 9.71 Å². The van der Waals surface area contributed by atoms with Crippen LogP contribution in [0.5, 0.6) is 0 Å². The molecule has 0 radical (unpaired) electrons. The predicted molar refractivity (Wildman–Crippen MR) is 74.0 cm³/mol. The fraction of sp³-hybridized carbons (Fsp3) is 0.455. The summed E-state index contributed by atoms with van der Waals surface area (Å²) in [5, 5.41) is 7.76. The third kappa shape index (κ3) is 3.99. The lowest BCUT2D eigenvalue weighted by atomic mass is 10.2. The highest BCUT2D eigenvalue weighted by Crippen LogP contribution is 2.18. The summed E-state index contributed by atoms with van der Waals surface area (Å²) in [5.41, 5.74) is 0.355. The van der Waals surface area contributed by atoms with E-state index in [2.05, 4.69) is 9.71 Å². The van der Waals surface area contributed by atoms with Gasteiger partial charge in [-0.1, -0.05) is 6.07 Å². The van der Waals surface area contributed by atoms with Crippen molar-refractivity contribution < 1.29 is 26.7 Å². The molecule has 21 heavy (non-hydrogen) atoms. The van der Waals surface area contributed by atoms with Gasteiger partial charge in [0.2, 0.25) is 10.0 Å². The number of hydrogen-bond donors (Lipinski definition) is 2. The monoisotopic (exact) mass is 334 g/mol. The minimum atomic E-state index is -3.73. The van der Waals surface area contributed by atoms with Gasteiger partial charge in [-0.3, -0.25) is 0 Å². The van der Waals surface area contributed by atoms with E-state index in [1.807, 2.05) is 0 Å². The van der Waals surface area contributed by atoms with Gasteiger partial charge in [-0.05, 0) is 18.1 Å². The number of nitrogens with zero attached hydrogens (tertiary/aromatic N) is 1. The molecule has 1 aliphatic rings. The van der Waals surface area contributed by atoms with Crippen LogP contribution in [-0.4, -0.2) is 49.7 Å². The van der Waals surface area contributed by atoms with Crippen LogP contribution >= 0.6 is 0 Å². The standard InChI is InChI=1S/C11H14N2O6S2/c14-11(15)10-2-1-8(5-12-10)6-13-21(18,19)9-3-4-20(16,17)7-9/h1-2,5,9,13H,3-4,6-7H2,(H,14,15). The van der Waals surface area contributed by atoms with E-state index in [1.54, 1.807) is 0 Å². The van der Waals surface area contributed by atoms with Gasteiger partial charge in [-0.25, -0.2) is 31.3 Å². The number of carboxylic acid groups (broad SMARTS) is 1. The largest absolute Gasteiger partial charge is 0.477 e. The summed E-state index contributed by atoms with van der Waals surface area (Å²) in [4.78, 5) is 14.3. The number of sulfonamides is 1. The Bertz CT molecular complexity index is 739. The number of carboxylic acids is 1. The molecular weight excluding hydrogens is 320 g/mol. The second-order valence-electron chi connectivity index (χ2n) is 4.75. The molecule has 2 heterocycles. The lowest BCUT2D eigenvalue weighted by Crippen LogP contribution is -2.34. The third-order valence-electron chi connectivity index (χ3n) is 3.15. The number of nitrogens with one attached hydrogen (secondary N) is 1. The average Bonchev–Trinajstić information content (AvgIpc) is 2.78. The van der Waals surface area contributed by atoms with E-state index >= 15 is 0 Å². The zero-order chi connectivity index (χ0) is 15.7. The molecular formula is C11H14N2O6S2. The van der Waals surface area contributed by atoms with Crippen LogP contribution in [0.3, 0.4) is 0 Å². The zero-order valence-electron chi connectivity index (χ0n) is 10.9. The molecule has 8 nitrogen and oxygen atoms in total. The Morgan fingerprint density at radius 3 is 2.62 bits per heavy atom. The first-order valence-corrected chi connectivity index (χ1v) is 9.43. The summed E-state index contributed by atoms with van der Waals surface area (Å²) in [5.74, 6) is -1.65. The van der Waals surface area contributed by atoms with E-state index in [1.165, 1.54) is 18.3 Å². The highest BCUT2D eigenvalue weighted by molar-refractivity contribution is 7.95. The SMILES string of the molecule is O=C(O)c1ccc(CNS(=O)(=O)C2CCS(=O)(=O)C2)cn1. The van der Waals surface area contributed by atoms with E-state index in [0.717, 1.165) is 0 Å². The zero-order valence-corrected chi connectivity index (χ0v) is 12.5. The predicted octanol–water partition coefficient (Wildman–Crippen LogP) is -0.614. The lowest BCUT2D eigenvalue weighted by Gasteiger charge is -2.11. The summed E-state index contributed by atoms with van der Waals surface area (Å²) in [6, 6.07) is 2.72. The molecule has 0 aliphatic carbocycles. The number of hydrogen-bond acceptors (Lipinski definition) is 6. The summed E-state index contributed by atoms with van der Waals surface area (Å²) in [6.45, 7) is -0.0637. The topological polar surface area (TPSA) is 130 Å². The fourth-order valence-electron chi connectivity index (χ4n) is 1.96. The van der Waals surface area contributed by atoms with E-state index in [9.17, 15) is 21.6 Å². The van der Waals surface area contributed by atoms with E-state index in [-0.39, 0.29) is 30.2 Å². The molecule has 0 bridgehead atoms. The Labute approximate surface area is 122 Å². The Hall–Kier alpha value is -1.52. The smallest absolute Gasteiger partial charge is 0.354 e. The van der Waals surface area contributed by atoms with Crippen LogP contribution in [0.25, 0.3) is 0 Å². The van der Waals surface area contributed by atoms with E-state index < -0.39 is 31.1 Å². The van der Waals surface area contributed by atoms with Crippen molar-refractivity contribution in [2.45, 2.75) is 18.2 Å². The molecule has 2 rings (SSSR count). The molecule has 0 aromatic carbocycles. The second kappa shape index (κ2) is 5.70. The van der Waals surface area contributed by atoms with Gasteiger partial charge >= 0.3 is 5.97 Å². The normalized spacial score (nSPS) is 21.2. The molecule has 1 aromatic rings. The van der Waals surface area contributed by atoms with E-state index in [0.29, 0.717) is 5.56 Å². The lowest BCUT2D eigenvalue weighted by molar-refractivity contribution is 0.0690. The van der Waals surface area contributed by atoms with Gasteiger partial charge in [0.15, 0.2) is 9.84 Å². The Morgan fingerprint density at radius 2 is 2.14 bits per heavy atom. The minimum absolute atomic E-state index is 0.0637. The van der Waals surface area contributed by atoms with Crippen molar-refractivity contribution in [3.05, 3.63) is 29.6 Å². The second-order valence-corrected chi connectivity index (χ2v) is 9.02. The number of rotatable bonds is 5. The first kappa shape index (κ1) is 15.9. The van der Waals surface area contributed by atoms with Crippen molar-refractivity contribution in [3.63, 3.8) is 0 Å². The van der Waals surface area contributed by atoms with Gasteiger partial charge in [0.1, 0.15) is 5.69 Å². The summed E-state index contributed by atoms with van der Waals surface area (Å²) < 4.78 is 48.9. The molecule has 0 amide bonds. The fourth-order valence-corrected chi connectivity index (χ4v) is 6.03. The van der Waals surface area contributed by atoms with Crippen LogP contribution in [-0.2, 0) is 26.4 Å². The van der Waals surface area contributed by atoms with Gasteiger partial charge in [-0.2, -0.15) is 0 Å². The third-order valence-corrected chi connectivity index (χ3v) is 6.96. The number of carbonyl (C=O) groups is 1. The Balaban J connectivity index is 2.00. The molecule has 1 unspecified atom stereocenters. The quantitative estimate of drug-likeness (QED) is 0.734. The van der Waals surface area contributed by atoms with Gasteiger partial charge in [0.05, 0.1) is 16.8 Å². The van der Waals surface area contributed by atoms with Crippen LogP contribution in [0.15, 0.2) is 18.3 Å². The van der Waals surface area contributed by atoms with Gasteiger partial charge in [-0.15, -0.1) is 0 Å². The molecule has 0 saturated carbocycles. The van der Waals surface area contributed by atoms with Crippen LogP contribution in [0.4, 0.5) is 0 Å². The van der Waals surface area contributed by atoms with Gasteiger partial charge in [0.25, 0.3) is 0 Å². The number of aromatic nitrogens is 1. The number of pyridine rings is 1. The molecule has 10 heteroatoms. The maximum atomic E-state index is 12.0. The summed E-state index contributed by atoms with van der Waals surface area (Å²) >= 11 is 0. The number of aromatic carboxylic acids is 1. The van der Waals surface area contributed by atoms with Crippen molar-refractivity contribution in [2.24, 2.45) is 0 Å². The van der Waals surface area contributed by atoms with Crippen LogP contribution < -0.4 is 4.72 Å². The molecule has 116 valence electrons. The van der Waals surface area contributed by atoms with Crippen LogP contribution in [0, 0.1) is 0 Å². The van der Waals surface area contributed by atoms with Gasteiger partial charge in [0, 0.05) is 12.7 Å². The number of sulfone groups is 1. The molecule has 1 aliphatic heterocycles. The maximum absolute atomic E-state index is 12.0. The van der Waals surface area contributed by atoms with Crippen molar-refractivity contribution in [3.8, 4) is 0 Å². The average molecular weight is 334 g/mol. The molecule has 1 aromatic heterocycles. The molecule has 1 atom stereocenters. The molecule has 1 saturated heterocycles. The highest BCUT2D eigenvalue weighted by Gasteiger charge is 2.36.